The predicted molar refractivity (Wildman–Crippen MR) is 132 cm³/mol. The minimum Gasteiger partial charge on any atom is -0.403 e. The molecule has 5 rings (SSSR count). The number of nitrogens with zero attached hydrogens (tertiary/aromatic N) is 4. The second-order valence-corrected chi connectivity index (χ2v) is 11.8. The number of benzene rings is 1. The normalized spacial score (nSPS) is 16.3. The van der Waals surface area contributed by atoms with Crippen molar-refractivity contribution in [3.05, 3.63) is 58.8 Å². The van der Waals surface area contributed by atoms with E-state index in [0.717, 1.165) is 42.5 Å². The van der Waals surface area contributed by atoms with Gasteiger partial charge in [-0.15, -0.1) is 24.5 Å². The van der Waals surface area contributed by atoms with E-state index in [-0.39, 0.29) is 11.5 Å². The average Bonchev–Trinajstić information content (AvgIpc) is 3.49. The lowest BCUT2D eigenvalue weighted by Crippen LogP contribution is -2.40. The summed E-state index contributed by atoms with van der Waals surface area (Å²) in [4.78, 5) is 11.2. The molecule has 1 aromatic carbocycles. The van der Waals surface area contributed by atoms with Crippen LogP contribution in [-0.2, 0) is 16.3 Å². The number of thiazole rings is 1. The van der Waals surface area contributed by atoms with E-state index >= 15 is 0 Å². The topological polar surface area (TPSA) is 77.3 Å². The zero-order valence-corrected chi connectivity index (χ0v) is 21.0. The van der Waals surface area contributed by atoms with E-state index in [2.05, 4.69) is 14.6 Å². The minimum atomic E-state index is -4.99. The highest BCUT2D eigenvalue weighted by atomic mass is 32.2. The zero-order valence-electron chi connectivity index (χ0n) is 19.4. The number of pyridine rings is 1. The smallest absolute Gasteiger partial charge is 0.403 e. The number of sulfone groups is 1. The van der Waals surface area contributed by atoms with E-state index in [1.54, 1.807) is 11.6 Å². The Labute approximate surface area is 214 Å². The number of fused-ring (bicyclic) bond motifs is 1. The van der Waals surface area contributed by atoms with E-state index in [1.807, 2.05) is 22.2 Å². The van der Waals surface area contributed by atoms with Crippen molar-refractivity contribution in [2.75, 3.05) is 31.1 Å². The Morgan fingerprint density at radius 2 is 1.89 bits per heavy atom. The van der Waals surface area contributed by atoms with E-state index < -0.39 is 27.8 Å². The molecule has 4 aromatic rings. The average molecular weight is 555 g/mol. The Hall–Kier alpha value is -3.03. The largest absolute Gasteiger partial charge is 0.573 e. The minimum absolute atomic E-state index is 0.187. The lowest BCUT2D eigenvalue weighted by molar-refractivity contribution is -0.275. The fraction of sp³-hybridized carbons (Fsp3) is 0.333. The van der Waals surface area contributed by atoms with Crippen LogP contribution < -0.4 is 4.74 Å². The summed E-state index contributed by atoms with van der Waals surface area (Å²) in [5.74, 6) is -0.999. The Morgan fingerprint density at radius 1 is 1.11 bits per heavy atom. The third-order valence-corrected chi connectivity index (χ3v) is 8.39. The number of hydrogen-bond donors (Lipinski definition) is 0. The number of alkyl halides is 3. The number of rotatable bonds is 7. The quantitative estimate of drug-likeness (QED) is 0.304. The van der Waals surface area contributed by atoms with Crippen LogP contribution in [0.25, 0.3) is 28.1 Å². The van der Waals surface area contributed by atoms with E-state index in [0.29, 0.717) is 35.8 Å². The van der Waals surface area contributed by atoms with Gasteiger partial charge in [-0.1, -0.05) is 0 Å². The molecule has 1 aliphatic heterocycles. The van der Waals surface area contributed by atoms with Crippen molar-refractivity contribution in [1.29, 1.82) is 0 Å². The molecule has 0 N–H and O–H groups in total. The maximum atomic E-state index is 14.3. The molecule has 0 radical (unpaired) electrons. The molecule has 0 aliphatic carbocycles. The molecule has 37 heavy (non-hydrogen) atoms. The summed E-state index contributed by atoms with van der Waals surface area (Å²) in [6, 6.07) is 6.78. The third-order valence-electron chi connectivity index (χ3n) is 6.21. The summed E-state index contributed by atoms with van der Waals surface area (Å²) in [5.41, 5.74) is 4.02. The van der Waals surface area contributed by atoms with Crippen molar-refractivity contribution in [1.82, 2.24) is 19.4 Å². The number of aryl methyl sites for hydroxylation is 1. The van der Waals surface area contributed by atoms with Gasteiger partial charge >= 0.3 is 6.36 Å². The molecule has 1 saturated heterocycles. The molecule has 3 aromatic heterocycles. The highest BCUT2D eigenvalue weighted by Crippen LogP contribution is 2.31. The lowest BCUT2D eigenvalue weighted by atomic mass is 10.1. The molecule has 7 nitrogen and oxygen atoms in total. The van der Waals surface area contributed by atoms with Gasteiger partial charge in [0, 0.05) is 35.6 Å². The number of aromatic nitrogens is 3. The summed E-state index contributed by atoms with van der Waals surface area (Å²) in [7, 11) is -2.92. The van der Waals surface area contributed by atoms with E-state index in [1.165, 1.54) is 17.4 Å². The van der Waals surface area contributed by atoms with Crippen LogP contribution in [0.5, 0.6) is 5.75 Å². The maximum Gasteiger partial charge on any atom is 0.573 e. The molecule has 0 bridgehead atoms. The second kappa shape index (κ2) is 10.0. The molecule has 4 heterocycles. The molecule has 1 aliphatic rings. The Morgan fingerprint density at radius 3 is 2.57 bits per heavy atom. The van der Waals surface area contributed by atoms with Gasteiger partial charge in [-0.2, -0.15) is 0 Å². The van der Waals surface area contributed by atoms with Crippen molar-refractivity contribution >= 4 is 32.2 Å². The Balaban J connectivity index is 1.41. The van der Waals surface area contributed by atoms with Gasteiger partial charge in [-0.05, 0) is 55.3 Å². The molecule has 196 valence electrons. The summed E-state index contributed by atoms with van der Waals surface area (Å²) < 4.78 is 80.7. The molecule has 13 heteroatoms. The maximum absolute atomic E-state index is 14.3. The Kier molecular flexibility index (Phi) is 6.94. The van der Waals surface area contributed by atoms with Crippen LogP contribution in [0.15, 0.2) is 47.4 Å². The monoisotopic (exact) mass is 554 g/mol. The van der Waals surface area contributed by atoms with Crippen LogP contribution >= 0.6 is 11.3 Å². The van der Waals surface area contributed by atoms with Crippen LogP contribution in [0, 0.1) is 5.82 Å². The first kappa shape index (κ1) is 25.6. The van der Waals surface area contributed by atoms with Gasteiger partial charge in [-0.3, -0.25) is 4.57 Å². The van der Waals surface area contributed by atoms with Gasteiger partial charge in [-0.25, -0.2) is 22.8 Å². The van der Waals surface area contributed by atoms with E-state index in [9.17, 15) is 26.0 Å². The summed E-state index contributed by atoms with van der Waals surface area (Å²) in [6.45, 7) is 1.85. The lowest BCUT2D eigenvalue weighted by Gasteiger charge is -2.26. The highest BCUT2D eigenvalue weighted by molar-refractivity contribution is 7.91. The van der Waals surface area contributed by atoms with Crippen molar-refractivity contribution in [2.45, 2.75) is 19.2 Å². The fourth-order valence-electron chi connectivity index (χ4n) is 4.36. The van der Waals surface area contributed by atoms with Gasteiger partial charge in [0.05, 0.1) is 22.7 Å². The molecular formula is C24H22F4N4O3S2. The molecule has 0 spiro atoms. The van der Waals surface area contributed by atoms with Gasteiger partial charge in [0.1, 0.15) is 11.5 Å². The molecule has 0 saturated carbocycles. The molecule has 0 amide bonds. The van der Waals surface area contributed by atoms with Crippen LogP contribution in [0.4, 0.5) is 17.6 Å². The second-order valence-electron chi connectivity index (χ2n) is 8.73. The first-order chi connectivity index (χ1) is 17.6. The standard InChI is InChI=1S/C24H22F4N4O3S2/c25-19-12-16(3-6-21(19)35-24(26,27)28)20-5-4-18-17(2-1-7-31-8-10-37(33,34)11-9-31)13-32(23(18)30-20)22-14-36-15-29-22/h3-6,12-15H,1-2,7-11H2. The molecule has 1 fully saturated rings. The number of hydrogen-bond acceptors (Lipinski definition) is 7. The zero-order chi connectivity index (χ0) is 26.2. The highest BCUT2D eigenvalue weighted by Gasteiger charge is 2.32. The van der Waals surface area contributed by atoms with Crippen molar-refractivity contribution < 1.29 is 30.7 Å². The predicted octanol–water partition coefficient (Wildman–Crippen LogP) is 4.85. The molecular weight excluding hydrogens is 532 g/mol. The van der Waals surface area contributed by atoms with Gasteiger partial charge in [0.2, 0.25) is 0 Å². The van der Waals surface area contributed by atoms with Crippen molar-refractivity contribution in [2.24, 2.45) is 0 Å². The molecule has 0 unspecified atom stereocenters. The van der Waals surface area contributed by atoms with Crippen molar-refractivity contribution in [3.8, 4) is 22.8 Å². The summed E-state index contributed by atoms with van der Waals surface area (Å²) in [6.07, 6.45) is -1.48. The van der Waals surface area contributed by atoms with Crippen LogP contribution in [0.3, 0.4) is 0 Å². The third kappa shape index (κ3) is 5.94. The summed E-state index contributed by atoms with van der Waals surface area (Å²) in [5, 5.41) is 2.75. The van der Waals surface area contributed by atoms with Crippen LogP contribution in [0.1, 0.15) is 12.0 Å². The van der Waals surface area contributed by atoms with Crippen LogP contribution in [-0.4, -0.2) is 65.4 Å². The van der Waals surface area contributed by atoms with Gasteiger partial charge < -0.3 is 9.64 Å². The Bertz CT molecular complexity index is 1510. The summed E-state index contributed by atoms with van der Waals surface area (Å²) >= 11 is 1.43. The fourth-order valence-corrected chi connectivity index (χ4v) is 6.17. The number of halogens is 4. The SMILES string of the molecule is O=S1(=O)CCN(CCCc2cn(-c3cscn3)c3nc(-c4ccc(OC(F)(F)F)c(F)c4)ccc23)CC1. The first-order valence-electron chi connectivity index (χ1n) is 11.5. The van der Waals surface area contributed by atoms with Crippen LogP contribution in [0.2, 0.25) is 0 Å². The number of ether oxygens (including phenoxy) is 1. The van der Waals surface area contributed by atoms with Crippen molar-refractivity contribution in [3.63, 3.8) is 0 Å². The van der Waals surface area contributed by atoms with E-state index in [4.69, 9.17) is 4.98 Å². The van der Waals surface area contributed by atoms with Gasteiger partial charge in [0.15, 0.2) is 21.4 Å². The molecule has 0 atom stereocenters. The first-order valence-corrected chi connectivity index (χ1v) is 14.2. The van der Waals surface area contributed by atoms with Gasteiger partial charge in [0.25, 0.3) is 0 Å².